The molecule has 0 amide bonds. The van der Waals surface area contributed by atoms with E-state index >= 15 is 0 Å². The molecule has 0 aromatic heterocycles. The lowest BCUT2D eigenvalue weighted by molar-refractivity contribution is 0.0591. The number of benzene rings is 1. The van der Waals surface area contributed by atoms with Crippen LogP contribution < -0.4 is 14.2 Å². The number of ether oxygens (including phenoxy) is 4. The summed E-state index contributed by atoms with van der Waals surface area (Å²) in [5.41, 5.74) is 1.61. The summed E-state index contributed by atoms with van der Waals surface area (Å²) < 4.78 is 21.3. The smallest absolute Gasteiger partial charge is 0.203 e. The van der Waals surface area contributed by atoms with Crippen molar-refractivity contribution in [2.45, 2.75) is 6.42 Å². The van der Waals surface area contributed by atoms with Crippen molar-refractivity contribution in [3.8, 4) is 23.3 Å². The summed E-state index contributed by atoms with van der Waals surface area (Å²) in [6.07, 6.45) is 2.41. The molecule has 1 aromatic rings. The van der Waals surface area contributed by atoms with E-state index in [1.54, 1.807) is 21.3 Å². The van der Waals surface area contributed by atoms with E-state index in [1.165, 1.54) is 0 Å². The Kier molecular flexibility index (Phi) is 6.12. The van der Waals surface area contributed by atoms with Crippen LogP contribution in [0.15, 0.2) is 23.9 Å². The summed E-state index contributed by atoms with van der Waals surface area (Å²) in [4.78, 5) is 2.11. The lowest BCUT2D eigenvalue weighted by Crippen LogP contribution is -2.32. The van der Waals surface area contributed by atoms with Crippen LogP contribution in [0.5, 0.6) is 17.2 Å². The molecule has 1 saturated heterocycles. The van der Waals surface area contributed by atoms with Gasteiger partial charge < -0.3 is 23.8 Å². The van der Waals surface area contributed by atoms with E-state index in [1.807, 2.05) is 18.3 Å². The Morgan fingerprint density at radius 2 is 1.78 bits per heavy atom. The average molecular weight is 318 g/mol. The molecule has 0 unspecified atom stereocenters. The van der Waals surface area contributed by atoms with Gasteiger partial charge in [0.2, 0.25) is 5.75 Å². The summed E-state index contributed by atoms with van der Waals surface area (Å²) in [5.74, 6) is 1.73. The van der Waals surface area contributed by atoms with Crippen LogP contribution in [-0.4, -0.2) is 52.5 Å². The molecule has 1 aromatic carbocycles. The van der Waals surface area contributed by atoms with Gasteiger partial charge in [0.1, 0.15) is 0 Å². The quantitative estimate of drug-likeness (QED) is 0.748. The van der Waals surface area contributed by atoms with Gasteiger partial charge in [-0.2, -0.15) is 5.26 Å². The average Bonchev–Trinajstić information content (AvgIpc) is 2.61. The Hall–Kier alpha value is -2.39. The number of methoxy groups -OCH3 is 3. The van der Waals surface area contributed by atoms with Gasteiger partial charge in [-0.1, -0.05) is 0 Å². The molecule has 23 heavy (non-hydrogen) atoms. The molecule has 1 heterocycles. The van der Waals surface area contributed by atoms with Gasteiger partial charge in [-0.15, -0.1) is 0 Å². The first kappa shape index (κ1) is 17.0. The third kappa shape index (κ3) is 4.30. The minimum Gasteiger partial charge on any atom is -0.493 e. The Balaban J connectivity index is 2.23. The minimum absolute atomic E-state index is 0.505. The normalized spacial score (nSPS) is 15.0. The number of nitriles is 1. The van der Waals surface area contributed by atoms with Crippen LogP contribution >= 0.6 is 0 Å². The van der Waals surface area contributed by atoms with E-state index in [9.17, 15) is 5.26 Å². The molecule has 0 bridgehead atoms. The van der Waals surface area contributed by atoms with E-state index in [-0.39, 0.29) is 0 Å². The summed E-state index contributed by atoms with van der Waals surface area (Å²) in [7, 11) is 4.73. The zero-order chi connectivity index (χ0) is 16.7. The largest absolute Gasteiger partial charge is 0.493 e. The number of allylic oxidation sites excluding steroid dienone is 1. The first-order chi connectivity index (χ1) is 11.2. The maximum Gasteiger partial charge on any atom is 0.203 e. The molecule has 6 nitrogen and oxygen atoms in total. The third-order valence-electron chi connectivity index (χ3n) is 3.65. The number of hydrogen-bond acceptors (Lipinski definition) is 6. The summed E-state index contributed by atoms with van der Waals surface area (Å²) >= 11 is 0. The van der Waals surface area contributed by atoms with Crippen LogP contribution in [0.3, 0.4) is 0 Å². The molecular formula is C17H22N2O4. The molecule has 0 N–H and O–H groups in total. The van der Waals surface area contributed by atoms with Crippen molar-refractivity contribution in [3.63, 3.8) is 0 Å². The Bertz CT molecular complexity index is 576. The maximum absolute atomic E-state index is 9.41. The van der Waals surface area contributed by atoms with Crippen molar-refractivity contribution in [2.24, 2.45) is 0 Å². The number of hydrogen-bond donors (Lipinski definition) is 0. The van der Waals surface area contributed by atoms with E-state index in [2.05, 4.69) is 11.0 Å². The van der Waals surface area contributed by atoms with Gasteiger partial charge in [0, 0.05) is 31.3 Å². The maximum atomic E-state index is 9.41. The van der Waals surface area contributed by atoms with Crippen molar-refractivity contribution in [3.05, 3.63) is 29.5 Å². The zero-order valence-electron chi connectivity index (χ0n) is 13.8. The van der Waals surface area contributed by atoms with Crippen LogP contribution in [0.2, 0.25) is 0 Å². The highest BCUT2D eigenvalue weighted by molar-refractivity contribution is 5.54. The van der Waals surface area contributed by atoms with Gasteiger partial charge in [0.15, 0.2) is 11.5 Å². The molecule has 1 aliphatic rings. The molecule has 0 aliphatic carbocycles. The monoisotopic (exact) mass is 318 g/mol. The molecule has 0 spiro atoms. The lowest BCUT2D eigenvalue weighted by atomic mass is 10.1. The fourth-order valence-electron chi connectivity index (χ4n) is 2.50. The first-order valence-corrected chi connectivity index (χ1v) is 7.43. The lowest BCUT2D eigenvalue weighted by Gasteiger charge is -2.25. The van der Waals surface area contributed by atoms with Crippen molar-refractivity contribution < 1.29 is 18.9 Å². The van der Waals surface area contributed by atoms with Crippen LogP contribution in [0.1, 0.15) is 5.56 Å². The number of morpholine rings is 1. The second-order valence-electron chi connectivity index (χ2n) is 5.12. The summed E-state index contributed by atoms with van der Waals surface area (Å²) in [5, 5.41) is 9.41. The molecular weight excluding hydrogens is 296 g/mol. The van der Waals surface area contributed by atoms with E-state index < -0.39 is 0 Å². The van der Waals surface area contributed by atoms with Crippen LogP contribution in [0.4, 0.5) is 0 Å². The fraction of sp³-hybridized carbons (Fsp3) is 0.471. The van der Waals surface area contributed by atoms with Crippen molar-refractivity contribution >= 4 is 0 Å². The predicted octanol–water partition coefficient (Wildman–Crippen LogP) is 1.99. The zero-order valence-corrected chi connectivity index (χ0v) is 13.8. The van der Waals surface area contributed by atoms with Crippen LogP contribution in [-0.2, 0) is 11.2 Å². The molecule has 1 fully saturated rings. The van der Waals surface area contributed by atoms with Crippen molar-refractivity contribution in [2.75, 3.05) is 47.6 Å². The van der Waals surface area contributed by atoms with Gasteiger partial charge in [0.25, 0.3) is 0 Å². The molecule has 0 atom stereocenters. The molecule has 2 rings (SSSR count). The standard InChI is InChI=1S/C17H22N2O4/c1-20-15-9-13(10-16(21-2)17(15)22-3)8-14(11-18)12-19-4-6-23-7-5-19/h9-10,12H,4-8H2,1-3H3. The van der Waals surface area contributed by atoms with Gasteiger partial charge in [-0.3, -0.25) is 0 Å². The van der Waals surface area contributed by atoms with Crippen LogP contribution in [0, 0.1) is 11.3 Å². The van der Waals surface area contributed by atoms with Gasteiger partial charge in [-0.05, 0) is 17.7 Å². The predicted molar refractivity (Wildman–Crippen MR) is 85.9 cm³/mol. The summed E-state index contributed by atoms with van der Waals surface area (Å²) in [6.45, 7) is 3.00. The highest BCUT2D eigenvalue weighted by Crippen LogP contribution is 2.38. The third-order valence-corrected chi connectivity index (χ3v) is 3.65. The van der Waals surface area contributed by atoms with Crippen LogP contribution in [0.25, 0.3) is 0 Å². The molecule has 1 aliphatic heterocycles. The fourth-order valence-corrected chi connectivity index (χ4v) is 2.50. The van der Waals surface area contributed by atoms with E-state index in [0.717, 1.165) is 18.7 Å². The molecule has 124 valence electrons. The van der Waals surface area contributed by atoms with Crippen molar-refractivity contribution in [1.82, 2.24) is 4.90 Å². The highest BCUT2D eigenvalue weighted by Gasteiger charge is 2.14. The highest BCUT2D eigenvalue weighted by atomic mass is 16.5. The second kappa shape index (κ2) is 8.30. The molecule has 6 heteroatoms. The van der Waals surface area contributed by atoms with Gasteiger partial charge in [0.05, 0.1) is 40.6 Å². The SMILES string of the molecule is COc1cc(CC(C#N)=CN2CCOCC2)cc(OC)c1OC. The Labute approximate surface area is 136 Å². The molecule has 0 saturated carbocycles. The number of rotatable bonds is 6. The minimum atomic E-state index is 0.505. The first-order valence-electron chi connectivity index (χ1n) is 7.43. The van der Waals surface area contributed by atoms with E-state index in [0.29, 0.717) is 42.5 Å². The Morgan fingerprint density at radius 1 is 1.17 bits per heavy atom. The van der Waals surface area contributed by atoms with E-state index in [4.69, 9.17) is 18.9 Å². The summed E-state index contributed by atoms with van der Waals surface area (Å²) in [6, 6.07) is 6.00. The number of nitrogens with zero attached hydrogens (tertiary/aromatic N) is 2. The van der Waals surface area contributed by atoms with Gasteiger partial charge in [-0.25, -0.2) is 0 Å². The Morgan fingerprint density at radius 3 is 2.26 bits per heavy atom. The second-order valence-corrected chi connectivity index (χ2v) is 5.12. The van der Waals surface area contributed by atoms with Gasteiger partial charge >= 0.3 is 0 Å². The van der Waals surface area contributed by atoms with Crippen molar-refractivity contribution in [1.29, 1.82) is 5.26 Å². The molecule has 0 radical (unpaired) electrons. The topological polar surface area (TPSA) is 64.0 Å².